The molecule has 2 aliphatic rings. The van der Waals surface area contributed by atoms with Crippen LogP contribution in [0.1, 0.15) is 47.5 Å². The molecule has 0 bridgehead atoms. The summed E-state index contributed by atoms with van der Waals surface area (Å²) in [6.07, 6.45) is 2.58. The van der Waals surface area contributed by atoms with Gasteiger partial charge in [0.05, 0.1) is 11.5 Å². The molecule has 104 valence electrons. The van der Waals surface area contributed by atoms with Crippen molar-refractivity contribution in [3.05, 3.63) is 0 Å². The van der Waals surface area contributed by atoms with E-state index in [0.717, 1.165) is 25.6 Å². The second-order valence-electron chi connectivity index (χ2n) is 7.14. The zero-order valence-electron chi connectivity index (χ0n) is 12.5. The van der Waals surface area contributed by atoms with Crippen LogP contribution in [-0.4, -0.2) is 41.5 Å². The molecule has 2 unspecified atom stereocenters. The number of rotatable bonds is 2. The summed E-state index contributed by atoms with van der Waals surface area (Å²) < 4.78 is 5.95. The summed E-state index contributed by atoms with van der Waals surface area (Å²) in [7, 11) is 0. The maximum Gasteiger partial charge on any atom is 0.171 e. The first kappa shape index (κ1) is 14.0. The van der Waals surface area contributed by atoms with E-state index in [1.54, 1.807) is 0 Å². The van der Waals surface area contributed by atoms with E-state index in [1.807, 2.05) is 13.8 Å². The van der Waals surface area contributed by atoms with Crippen LogP contribution in [0.2, 0.25) is 0 Å². The van der Waals surface area contributed by atoms with Gasteiger partial charge < -0.3 is 9.64 Å². The molecule has 0 amide bonds. The van der Waals surface area contributed by atoms with Crippen LogP contribution in [-0.2, 0) is 9.53 Å². The van der Waals surface area contributed by atoms with E-state index in [4.69, 9.17) is 4.74 Å². The van der Waals surface area contributed by atoms with Crippen molar-refractivity contribution >= 4 is 5.78 Å². The molecular formula is C15H27NO2. The Balaban J connectivity index is 2.06. The van der Waals surface area contributed by atoms with Gasteiger partial charge in [0.1, 0.15) is 5.60 Å². The number of Topliss-reactive ketones (excluding diaryl/α,β-unsaturated/α-hetero) is 1. The molecule has 0 spiro atoms. The fourth-order valence-electron chi connectivity index (χ4n) is 3.53. The summed E-state index contributed by atoms with van der Waals surface area (Å²) in [5.74, 6) is 1.04. The zero-order chi connectivity index (χ0) is 13.6. The summed E-state index contributed by atoms with van der Waals surface area (Å²) >= 11 is 0. The largest absolute Gasteiger partial charge is 0.361 e. The summed E-state index contributed by atoms with van der Waals surface area (Å²) in [6.45, 7) is 13.3. The number of piperidine rings is 1. The minimum Gasteiger partial charge on any atom is -0.361 e. The van der Waals surface area contributed by atoms with Crippen LogP contribution in [0.25, 0.3) is 0 Å². The Kier molecular flexibility index (Phi) is 3.58. The van der Waals surface area contributed by atoms with Gasteiger partial charge in [0.15, 0.2) is 5.78 Å². The third-order valence-electron chi connectivity index (χ3n) is 4.45. The molecule has 2 rings (SSSR count). The van der Waals surface area contributed by atoms with Crippen LogP contribution in [0.5, 0.6) is 0 Å². The molecule has 2 atom stereocenters. The number of likely N-dealkylation sites (tertiary alicyclic amines) is 1. The van der Waals surface area contributed by atoms with Crippen molar-refractivity contribution < 1.29 is 9.53 Å². The van der Waals surface area contributed by atoms with Gasteiger partial charge in [-0.25, -0.2) is 0 Å². The minimum absolute atomic E-state index is 0.0119. The maximum atomic E-state index is 12.4. The normalized spacial score (nSPS) is 35.9. The first-order valence-electron chi connectivity index (χ1n) is 7.19. The van der Waals surface area contributed by atoms with E-state index in [9.17, 15) is 4.79 Å². The SMILES string of the molecule is CC1CCCN(CC2C(=O)C(C)(C)OC2(C)C)C1. The lowest BCUT2D eigenvalue weighted by atomic mass is 9.85. The molecule has 3 nitrogen and oxygen atoms in total. The minimum atomic E-state index is -0.616. The van der Waals surface area contributed by atoms with E-state index in [0.29, 0.717) is 0 Å². The second kappa shape index (κ2) is 4.61. The molecule has 0 N–H and O–H groups in total. The van der Waals surface area contributed by atoms with E-state index in [2.05, 4.69) is 25.7 Å². The quantitative estimate of drug-likeness (QED) is 0.757. The van der Waals surface area contributed by atoms with E-state index >= 15 is 0 Å². The van der Waals surface area contributed by atoms with Crippen LogP contribution in [0.3, 0.4) is 0 Å². The van der Waals surface area contributed by atoms with Crippen LogP contribution >= 0.6 is 0 Å². The zero-order valence-corrected chi connectivity index (χ0v) is 12.5. The van der Waals surface area contributed by atoms with Gasteiger partial charge in [-0.2, -0.15) is 0 Å². The third kappa shape index (κ3) is 2.62. The number of nitrogens with zero attached hydrogens (tertiary/aromatic N) is 1. The van der Waals surface area contributed by atoms with Crippen molar-refractivity contribution in [1.82, 2.24) is 4.90 Å². The third-order valence-corrected chi connectivity index (χ3v) is 4.45. The van der Waals surface area contributed by atoms with Crippen molar-refractivity contribution in [2.24, 2.45) is 11.8 Å². The van der Waals surface area contributed by atoms with Crippen molar-refractivity contribution in [2.75, 3.05) is 19.6 Å². The highest BCUT2D eigenvalue weighted by molar-refractivity contribution is 5.91. The number of carbonyl (C=O) groups excluding carboxylic acids is 1. The molecule has 3 heteroatoms. The molecule has 0 aromatic carbocycles. The topological polar surface area (TPSA) is 29.5 Å². The number of carbonyl (C=O) groups is 1. The molecule has 0 aromatic heterocycles. The Bertz CT molecular complexity index is 335. The molecule has 18 heavy (non-hydrogen) atoms. The van der Waals surface area contributed by atoms with Crippen molar-refractivity contribution in [3.63, 3.8) is 0 Å². The molecule has 2 fully saturated rings. The molecule has 0 radical (unpaired) electrons. The Labute approximate surface area is 111 Å². The lowest BCUT2D eigenvalue weighted by molar-refractivity contribution is -0.132. The van der Waals surface area contributed by atoms with Crippen molar-refractivity contribution in [3.8, 4) is 0 Å². The highest BCUT2D eigenvalue weighted by Crippen LogP contribution is 2.39. The average Bonchev–Trinajstić information content (AvgIpc) is 2.37. The summed E-state index contributed by atoms with van der Waals surface area (Å²) in [5, 5.41) is 0. The number of hydrogen-bond donors (Lipinski definition) is 0. The standard InChI is InChI=1S/C15H27NO2/c1-11-7-6-8-16(9-11)10-12-13(17)15(4,5)18-14(12,2)3/h11-12H,6-10H2,1-5H3. The highest BCUT2D eigenvalue weighted by atomic mass is 16.5. The summed E-state index contributed by atoms with van der Waals surface area (Å²) in [5.41, 5.74) is -0.948. The smallest absolute Gasteiger partial charge is 0.171 e. The van der Waals surface area contributed by atoms with Crippen LogP contribution in [0, 0.1) is 11.8 Å². The fraction of sp³-hybridized carbons (Fsp3) is 0.933. The number of hydrogen-bond acceptors (Lipinski definition) is 3. The number of ether oxygens (including phenoxy) is 1. The molecule has 0 saturated carbocycles. The first-order chi connectivity index (χ1) is 8.22. The lowest BCUT2D eigenvalue weighted by Crippen LogP contribution is -2.44. The fourth-order valence-corrected chi connectivity index (χ4v) is 3.53. The van der Waals surface area contributed by atoms with Gasteiger partial charge in [0.25, 0.3) is 0 Å². The Morgan fingerprint density at radius 1 is 1.33 bits per heavy atom. The molecule has 2 aliphatic heterocycles. The van der Waals surface area contributed by atoms with Crippen LogP contribution < -0.4 is 0 Å². The Morgan fingerprint density at radius 3 is 2.50 bits per heavy atom. The predicted octanol–water partition coefficient (Wildman–Crippen LogP) is 2.49. The van der Waals surface area contributed by atoms with Gasteiger partial charge in [-0.05, 0) is 53.0 Å². The second-order valence-corrected chi connectivity index (χ2v) is 7.14. The summed E-state index contributed by atoms with van der Waals surface area (Å²) in [6, 6.07) is 0. The average molecular weight is 253 g/mol. The first-order valence-corrected chi connectivity index (χ1v) is 7.19. The number of ketones is 1. The maximum absolute atomic E-state index is 12.4. The van der Waals surface area contributed by atoms with Crippen molar-refractivity contribution in [2.45, 2.75) is 58.7 Å². The van der Waals surface area contributed by atoms with E-state index < -0.39 is 5.60 Å². The summed E-state index contributed by atoms with van der Waals surface area (Å²) in [4.78, 5) is 14.9. The Morgan fingerprint density at radius 2 is 2.00 bits per heavy atom. The van der Waals surface area contributed by atoms with E-state index in [-0.39, 0.29) is 17.3 Å². The van der Waals surface area contributed by atoms with Crippen LogP contribution in [0.15, 0.2) is 0 Å². The van der Waals surface area contributed by atoms with Gasteiger partial charge >= 0.3 is 0 Å². The highest BCUT2D eigenvalue weighted by Gasteiger charge is 2.53. The molecule has 2 saturated heterocycles. The molecule has 2 heterocycles. The Hall–Kier alpha value is -0.410. The van der Waals surface area contributed by atoms with Crippen molar-refractivity contribution in [1.29, 1.82) is 0 Å². The van der Waals surface area contributed by atoms with Gasteiger partial charge in [0, 0.05) is 13.1 Å². The molecule has 0 aliphatic carbocycles. The monoisotopic (exact) mass is 253 g/mol. The molecular weight excluding hydrogens is 226 g/mol. The van der Waals surface area contributed by atoms with Gasteiger partial charge in [-0.1, -0.05) is 6.92 Å². The lowest BCUT2D eigenvalue weighted by Gasteiger charge is -2.35. The van der Waals surface area contributed by atoms with E-state index in [1.165, 1.54) is 12.8 Å². The van der Waals surface area contributed by atoms with Crippen LogP contribution in [0.4, 0.5) is 0 Å². The van der Waals surface area contributed by atoms with Gasteiger partial charge in [-0.3, -0.25) is 4.79 Å². The van der Waals surface area contributed by atoms with Gasteiger partial charge in [0.2, 0.25) is 0 Å². The molecule has 0 aromatic rings. The van der Waals surface area contributed by atoms with Gasteiger partial charge in [-0.15, -0.1) is 0 Å². The predicted molar refractivity (Wildman–Crippen MR) is 72.6 cm³/mol.